The molecule has 1 unspecified atom stereocenters. The molecule has 3 aromatic rings. The van der Waals surface area contributed by atoms with Crippen molar-refractivity contribution in [1.29, 1.82) is 0 Å². The van der Waals surface area contributed by atoms with Crippen LogP contribution >= 0.6 is 0 Å². The molecule has 0 fully saturated rings. The second-order valence-electron chi connectivity index (χ2n) is 6.79. The number of phenolic OH excluding ortho intramolecular Hbond substituents is 1. The van der Waals surface area contributed by atoms with Gasteiger partial charge in [-0.2, -0.15) is 0 Å². The summed E-state index contributed by atoms with van der Waals surface area (Å²) in [5, 5.41) is 10.4. The third-order valence-corrected chi connectivity index (χ3v) is 5.05. The summed E-state index contributed by atoms with van der Waals surface area (Å²) in [7, 11) is 1.53. The number of carbonyl (C=O) groups excluding carboxylic acids is 1. The lowest BCUT2D eigenvalue weighted by Crippen LogP contribution is -2.41. The van der Waals surface area contributed by atoms with E-state index in [9.17, 15) is 14.3 Å². The minimum Gasteiger partial charge on any atom is -0.507 e. The molecule has 3 N–H and O–H groups in total. The van der Waals surface area contributed by atoms with E-state index >= 15 is 0 Å². The number of hydrogen-bond donors (Lipinski definition) is 2. The van der Waals surface area contributed by atoms with E-state index in [2.05, 4.69) is 9.98 Å². The van der Waals surface area contributed by atoms with Crippen LogP contribution in [0.15, 0.2) is 71.7 Å². The van der Waals surface area contributed by atoms with Gasteiger partial charge in [0.2, 0.25) is 5.54 Å². The monoisotopic (exact) mass is 390 g/mol. The minimum atomic E-state index is -1.55. The molecule has 1 aromatic heterocycles. The van der Waals surface area contributed by atoms with Crippen LogP contribution in [0, 0.1) is 0 Å². The van der Waals surface area contributed by atoms with E-state index in [1.165, 1.54) is 18.0 Å². The first kappa shape index (κ1) is 18.6. The van der Waals surface area contributed by atoms with Gasteiger partial charge in [0.1, 0.15) is 12.4 Å². The van der Waals surface area contributed by atoms with Crippen LogP contribution in [0.1, 0.15) is 17.0 Å². The Labute approximate surface area is 167 Å². The highest BCUT2D eigenvalue weighted by Gasteiger charge is 2.51. The lowest BCUT2D eigenvalue weighted by atomic mass is 9.84. The standard InChI is InChI=1S/C22H19FN4O2/c1-27-20(29)22(26-21(27)24,19-9-5-8-16(13-23)25-19)15-10-11-18(28)17(12-15)14-6-3-2-4-7-14/h2-12,28H,13H2,1H3,(H2,24,26). The number of alkyl halides is 1. The van der Waals surface area contributed by atoms with Crippen LogP contribution in [0.3, 0.4) is 0 Å². The molecule has 6 nitrogen and oxygen atoms in total. The molecule has 0 radical (unpaired) electrons. The van der Waals surface area contributed by atoms with E-state index in [-0.39, 0.29) is 23.1 Å². The van der Waals surface area contributed by atoms with E-state index in [1.54, 1.807) is 30.3 Å². The first-order chi connectivity index (χ1) is 14.0. The maximum atomic E-state index is 13.3. The number of nitrogens with zero attached hydrogens (tertiary/aromatic N) is 3. The second kappa shape index (κ2) is 7.01. The van der Waals surface area contributed by atoms with Crippen LogP contribution in [0.4, 0.5) is 4.39 Å². The van der Waals surface area contributed by atoms with Crippen LogP contribution in [0.2, 0.25) is 0 Å². The molecule has 0 saturated carbocycles. The van der Waals surface area contributed by atoms with E-state index in [4.69, 9.17) is 5.73 Å². The third kappa shape index (κ3) is 2.91. The molecule has 0 saturated heterocycles. The van der Waals surface area contributed by atoms with Gasteiger partial charge in [-0.3, -0.25) is 14.7 Å². The summed E-state index contributed by atoms with van der Waals surface area (Å²) < 4.78 is 13.3. The van der Waals surface area contributed by atoms with E-state index in [1.807, 2.05) is 30.3 Å². The summed E-state index contributed by atoms with van der Waals surface area (Å²) in [5.74, 6) is -0.295. The number of aliphatic imine (C=N–C) groups is 1. The van der Waals surface area contributed by atoms with Crippen molar-refractivity contribution >= 4 is 11.9 Å². The molecule has 7 heteroatoms. The average Bonchev–Trinajstić information content (AvgIpc) is 2.99. The third-order valence-electron chi connectivity index (χ3n) is 5.05. The Morgan fingerprint density at radius 1 is 1.10 bits per heavy atom. The Bertz CT molecular complexity index is 1120. The maximum absolute atomic E-state index is 13.3. The van der Waals surface area contributed by atoms with Crippen molar-refractivity contribution in [3.05, 3.63) is 83.7 Å². The highest BCUT2D eigenvalue weighted by atomic mass is 19.1. The van der Waals surface area contributed by atoms with Gasteiger partial charge in [-0.05, 0) is 35.4 Å². The van der Waals surface area contributed by atoms with Gasteiger partial charge in [-0.1, -0.05) is 42.5 Å². The number of amides is 1. The highest BCUT2D eigenvalue weighted by molar-refractivity contribution is 6.08. The van der Waals surface area contributed by atoms with Gasteiger partial charge in [-0.15, -0.1) is 0 Å². The molecule has 1 aliphatic rings. The fraction of sp³-hybridized carbons (Fsp3) is 0.136. The number of guanidine groups is 1. The Morgan fingerprint density at radius 3 is 2.52 bits per heavy atom. The van der Waals surface area contributed by atoms with Crippen molar-refractivity contribution < 1.29 is 14.3 Å². The van der Waals surface area contributed by atoms with Crippen molar-refractivity contribution in [2.75, 3.05) is 7.05 Å². The van der Waals surface area contributed by atoms with Crippen molar-refractivity contribution in [2.24, 2.45) is 10.7 Å². The summed E-state index contributed by atoms with van der Waals surface area (Å²) in [4.78, 5) is 23.3. The number of benzene rings is 2. The lowest BCUT2D eigenvalue weighted by Gasteiger charge is -2.26. The Morgan fingerprint density at radius 2 is 1.86 bits per heavy atom. The zero-order chi connectivity index (χ0) is 20.6. The molecule has 0 aliphatic carbocycles. The molecule has 1 amide bonds. The number of aromatic hydroxyl groups is 1. The Balaban J connectivity index is 1.98. The second-order valence-corrected chi connectivity index (χ2v) is 6.79. The van der Waals surface area contributed by atoms with Gasteiger partial charge in [0, 0.05) is 12.6 Å². The summed E-state index contributed by atoms with van der Waals surface area (Å²) in [6.45, 7) is -0.766. The molecule has 146 valence electrons. The number of likely N-dealkylation sites (N-methyl/N-ethyl adjacent to an activating group) is 1. The van der Waals surface area contributed by atoms with Crippen LogP contribution in [0.5, 0.6) is 5.75 Å². The fourth-order valence-corrected chi connectivity index (χ4v) is 3.51. The smallest absolute Gasteiger partial charge is 0.267 e. The molecule has 1 aliphatic heterocycles. The van der Waals surface area contributed by atoms with Gasteiger partial charge in [0.05, 0.1) is 11.4 Å². The van der Waals surface area contributed by atoms with Crippen LogP contribution < -0.4 is 5.73 Å². The molecule has 4 rings (SSSR count). The zero-order valence-corrected chi connectivity index (χ0v) is 15.7. The summed E-state index contributed by atoms with van der Waals surface area (Å²) in [6, 6.07) is 18.9. The topological polar surface area (TPSA) is 91.8 Å². The fourth-order valence-electron chi connectivity index (χ4n) is 3.51. The van der Waals surface area contributed by atoms with Gasteiger partial charge in [0.25, 0.3) is 5.91 Å². The summed E-state index contributed by atoms with van der Waals surface area (Å²) >= 11 is 0. The van der Waals surface area contributed by atoms with E-state index in [0.29, 0.717) is 11.1 Å². The largest absolute Gasteiger partial charge is 0.507 e. The van der Waals surface area contributed by atoms with Crippen LogP contribution in [-0.2, 0) is 17.0 Å². The summed E-state index contributed by atoms with van der Waals surface area (Å²) in [5.41, 5.74) is 6.69. The van der Waals surface area contributed by atoms with Crippen LogP contribution in [0.25, 0.3) is 11.1 Å². The normalized spacial score (nSPS) is 18.8. The molecule has 1 atom stereocenters. The van der Waals surface area contributed by atoms with Crippen molar-refractivity contribution in [3.8, 4) is 16.9 Å². The number of phenols is 1. The summed E-state index contributed by atoms with van der Waals surface area (Å²) in [6.07, 6.45) is 0. The van der Waals surface area contributed by atoms with Gasteiger partial charge in [-0.25, -0.2) is 9.38 Å². The number of halogens is 1. The first-order valence-corrected chi connectivity index (χ1v) is 9.02. The number of hydrogen-bond acceptors (Lipinski definition) is 5. The molecule has 2 aromatic carbocycles. The number of nitrogens with two attached hydrogens (primary N) is 1. The Kier molecular flexibility index (Phi) is 4.50. The van der Waals surface area contributed by atoms with Crippen molar-refractivity contribution in [3.63, 3.8) is 0 Å². The highest BCUT2D eigenvalue weighted by Crippen LogP contribution is 2.41. The van der Waals surface area contributed by atoms with Gasteiger partial charge < -0.3 is 10.8 Å². The van der Waals surface area contributed by atoms with Crippen molar-refractivity contribution in [2.45, 2.75) is 12.2 Å². The molecular formula is C22H19FN4O2. The quantitative estimate of drug-likeness (QED) is 0.716. The van der Waals surface area contributed by atoms with E-state index < -0.39 is 18.1 Å². The van der Waals surface area contributed by atoms with Crippen molar-refractivity contribution in [1.82, 2.24) is 9.88 Å². The average molecular weight is 390 g/mol. The predicted molar refractivity (Wildman–Crippen MR) is 108 cm³/mol. The molecule has 0 spiro atoms. The molecule has 29 heavy (non-hydrogen) atoms. The predicted octanol–water partition coefficient (Wildman–Crippen LogP) is 2.95. The number of rotatable bonds is 4. The number of carbonyl (C=O) groups is 1. The molecule has 0 bridgehead atoms. The Hall–Kier alpha value is -3.74. The van der Waals surface area contributed by atoms with Gasteiger partial charge >= 0.3 is 0 Å². The van der Waals surface area contributed by atoms with Gasteiger partial charge in [0.15, 0.2) is 5.96 Å². The molecule has 2 heterocycles. The molecular weight excluding hydrogens is 371 g/mol. The van der Waals surface area contributed by atoms with Crippen LogP contribution in [-0.4, -0.2) is 33.9 Å². The SMILES string of the molecule is CN1C(=O)C(c2ccc(O)c(-c3ccccc3)c2)(c2cccc(CF)n2)N=C1N. The number of aromatic nitrogens is 1. The zero-order valence-electron chi connectivity index (χ0n) is 15.7. The maximum Gasteiger partial charge on any atom is 0.267 e. The minimum absolute atomic E-state index is 0.0387. The number of pyridine rings is 1. The first-order valence-electron chi connectivity index (χ1n) is 9.02. The van der Waals surface area contributed by atoms with E-state index in [0.717, 1.165) is 5.56 Å². The lowest BCUT2D eigenvalue weighted by molar-refractivity contribution is -0.129.